The Morgan fingerprint density at radius 3 is 2.53 bits per heavy atom. The molecule has 0 saturated carbocycles. The molecule has 19 heavy (non-hydrogen) atoms. The number of hydrogen-bond donors (Lipinski definition) is 1. The third kappa shape index (κ3) is 2.42. The summed E-state index contributed by atoms with van der Waals surface area (Å²) in [6.07, 6.45) is 3.30. The van der Waals surface area contributed by atoms with E-state index in [0.717, 1.165) is 25.7 Å². The van der Waals surface area contributed by atoms with Gasteiger partial charge in [0.05, 0.1) is 18.2 Å². The number of fused-ring (bicyclic) bond motifs is 2. The molecule has 3 nitrogen and oxygen atoms in total. The van der Waals surface area contributed by atoms with Gasteiger partial charge in [-0.05, 0) is 37.8 Å². The summed E-state index contributed by atoms with van der Waals surface area (Å²) in [6.45, 7) is 0.267. The Morgan fingerprint density at radius 1 is 1.26 bits per heavy atom. The van der Waals surface area contributed by atoms with Crippen LogP contribution in [0.5, 0.6) is 0 Å². The minimum Gasteiger partial charge on any atom is -0.393 e. The second kappa shape index (κ2) is 5.02. The number of hydrogen-bond acceptors (Lipinski definition) is 3. The van der Waals surface area contributed by atoms with E-state index in [2.05, 4.69) is 4.90 Å². The highest BCUT2D eigenvalue weighted by Crippen LogP contribution is 2.35. The smallest absolute Gasteiger partial charge is 0.179 e. The van der Waals surface area contributed by atoms with Crippen LogP contribution in [0, 0.1) is 5.82 Å². The van der Waals surface area contributed by atoms with Crippen molar-refractivity contribution in [1.82, 2.24) is 4.90 Å². The molecule has 2 fully saturated rings. The molecule has 2 bridgehead atoms. The molecule has 1 aromatic carbocycles. The topological polar surface area (TPSA) is 40.5 Å². The average Bonchev–Trinajstić information content (AvgIpc) is 2.62. The molecule has 0 aliphatic carbocycles. The lowest BCUT2D eigenvalue weighted by molar-refractivity contribution is 0.0343. The van der Waals surface area contributed by atoms with Crippen LogP contribution in [0.2, 0.25) is 0 Å². The van der Waals surface area contributed by atoms with Crippen LogP contribution >= 0.6 is 0 Å². The molecule has 0 spiro atoms. The molecule has 4 heteroatoms. The van der Waals surface area contributed by atoms with Crippen LogP contribution in [0.25, 0.3) is 0 Å². The SMILES string of the molecule is O=C(CN1C2CCC1CC(O)C2)c1ccccc1F. The fourth-order valence-corrected chi connectivity index (χ4v) is 3.44. The maximum Gasteiger partial charge on any atom is 0.179 e. The number of benzene rings is 1. The van der Waals surface area contributed by atoms with E-state index in [1.165, 1.54) is 6.07 Å². The number of aliphatic hydroxyl groups excluding tert-OH is 1. The monoisotopic (exact) mass is 263 g/mol. The third-order valence-corrected chi connectivity index (χ3v) is 4.36. The first-order valence-electron chi connectivity index (χ1n) is 6.86. The van der Waals surface area contributed by atoms with E-state index in [4.69, 9.17) is 0 Å². The lowest BCUT2D eigenvalue weighted by Crippen LogP contribution is -2.47. The van der Waals surface area contributed by atoms with Gasteiger partial charge in [0, 0.05) is 12.1 Å². The van der Waals surface area contributed by atoms with Gasteiger partial charge in [-0.2, -0.15) is 0 Å². The molecule has 0 amide bonds. The van der Waals surface area contributed by atoms with Gasteiger partial charge >= 0.3 is 0 Å². The standard InChI is InChI=1S/C15H18FNO2/c16-14-4-2-1-3-13(14)15(19)9-17-10-5-6-11(17)8-12(18)7-10/h1-4,10-12,18H,5-9H2. The van der Waals surface area contributed by atoms with Crippen molar-refractivity contribution in [1.29, 1.82) is 0 Å². The zero-order chi connectivity index (χ0) is 13.4. The van der Waals surface area contributed by atoms with Crippen molar-refractivity contribution >= 4 is 5.78 Å². The van der Waals surface area contributed by atoms with Gasteiger partial charge in [-0.1, -0.05) is 12.1 Å². The third-order valence-electron chi connectivity index (χ3n) is 4.36. The molecule has 3 rings (SSSR count). The maximum absolute atomic E-state index is 13.6. The number of carbonyl (C=O) groups excluding carboxylic acids is 1. The van der Waals surface area contributed by atoms with Crippen LogP contribution in [0.4, 0.5) is 4.39 Å². The molecule has 2 unspecified atom stereocenters. The number of Topliss-reactive ketones (excluding diaryl/α,β-unsaturated/α-hetero) is 1. The Balaban J connectivity index is 1.73. The first-order chi connectivity index (χ1) is 9.15. The van der Waals surface area contributed by atoms with E-state index in [1.54, 1.807) is 18.2 Å². The Labute approximate surface area is 112 Å². The van der Waals surface area contributed by atoms with Crippen molar-refractivity contribution in [2.45, 2.75) is 43.9 Å². The normalized spacial score (nSPS) is 30.5. The van der Waals surface area contributed by atoms with Gasteiger partial charge < -0.3 is 5.11 Å². The van der Waals surface area contributed by atoms with Crippen LogP contribution in [0.3, 0.4) is 0 Å². The van der Waals surface area contributed by atoms with E-state index in [-0.39, 0.29) is 36.1 Å². The minimum atomic E-state index is -0.447. The lowest BCUT2D eigenvalue weighted by atomic mass is 9.99. The number of ketones is 1. The second-order valence-corrected chi connectivity index (χ2v) is 5.59. The van der Waals surface area contributed by atoms with Crippen LogP contribution < -0.4 is 0 Å². The number of halogens is 1. The van der Waals surface area contributed by atoms with E-state index < -0.39 is 5.82 Å². The molecule has 2 heterocycles. The number of aliphatic hydroxyl groups is 1. The van der Waals surface area contributed by atoms with Crippen molar-refractivity contribution in [3.63, 3.8) is 0 Å². The summed E-state index contributed by atoms with van der Waals surface area (Å²) in [5, 5.41) is 9.73. The van der Waals surface area contributed by atoms with E-state index in [0.29, 0.717) is 0 Å². The molecule has 0 radical (unpaired) electrons. The fourth-order valence-electron chi connectivity index (χ4n) is 3.44. The molecule has 1 N–H and O–H groups in total. The predicted molar refractivity (Wildman–Crippen MR) is 69.5 cm³/mol. The molecular weight excluding hydrogens is 245 g/mol. The Kier molecular flexibility index (Phi) is 3.37. The zero-order valence-corrected chi connectivity index (χ0v) is 10.8. The first kappa shape index (κ1) is 12.8. The van der Waals surface area contributed by atoms with Gasteiger partial charge in [-0.15, -0.1) is 0 Å². The summed E-state index contributed by atoms with van der Waals surface area (Å²) in [5.74, 6) is -0.608. The molecule has 0 aromatic heterocycles. The van der Waals surface area contributed by atoms with Crippen LogP contribution in [-0.4, -0.2) is 40.5 Å². The van der Waals surface area contributed by atoms with Crippen molar-refractivity contribution < 1.29 is 14.3 Å². The minimum absolute atomic E-state index is 0.161. The van der Waals surface area contributed by atoms with Gasteiger partial charge in [-0.25, -0.2) is 4.39 Å². The average molecular weight is 263 g/mol. The van der Waals surface area contributed by atoms with Crippen molar-refractivity contribution in [3.05, 3.63) is 35.6 Å². The Morgan fingerprint density at radius 2 is 1.89 bits per heavy atom. The van der Waals surface area contributed by atoms with Gasteiger partial charge in [0.15, 0.2) is 5.78 Å². The quantitative estimate of drug-likeness (QED) is 0.848. The van der Waals surface area contributed by atoms with E-state index in [9.17, 15) is 14.3 Å². The number of rotatable bonds is 3. The second-order valence-electron chi connectivity index (χ2n) is 5.59. The van der Waals surface area contributed by atoms with Crippen molar-refractivity contribution in [3.8, 4) is 0 Å². The zero-order valence-electron chi connectivity index (χ0n) is 10.8. The molecule has 2 saturated heterocycles. The molecule has 2 aliphatic heterocycles. The summed E-state index contributed by atoms with van der Waals surface area (Å²) in [7, 11) is 0. The van der Waals surface area contributed by atoms with Crippen molar-refractivity contribution in [2.24, 2.45) is 0 Å². The van der Waals surface area contributed by atoms with Crippen LogP contribution in [-0.2, 0) is 0 Å². The number of nitrogens with zero attached hydrogens (tertiary/aromatic N) is 1. The summed E-state index contributed by atoms with van der Waals surface area (Å²) >= 11 is 0. The number of piperidine rings is 1. The summed E-state index contributed by atoms with van der Waals surface area (Å²) in [5.41, 5.74) is 0.174. The first-order valence-corrected chi connectivity index (χ1v) is 6.86. The highest BCUT2D eigenvalue weighted by molar-refractivity contribution is 5.97. The fraction of sp³-hybridized carbons (Fsp3) is 0.533. The Hall–Kier alpha value is -1.26. The Bertz CT molecular complexity index is 477. The molecule has 102 valence electrons. The molecular formula is C15H18FNO2. The van der Waals surface area contributed by atoms with Gasteiger partial charge in [0.2, 0.25) is 0 Å². The van der Waals surface area contributed by atoms with Gasteiger partial charge in [0.1, 0.15) is 5.82 Å². The summed E-state index contributed by atoms with van der Waals surface area (Å²) in [6, 6.07) is 6.70. The molecule has 2 aliphatic rings. The largest absolute Gasteiger partial charge is 0.393 e. The maximum atomic E-state index is 13.6. The molecule has 2 atom stereocenters. The van der Waals surface area contributed by atoms with Gasteiger partial charge in [0.25, 0.3) is 0 Å². The number of carbonyl (C=O) groups is 1. The van der Waals surface area contributed by atoms with Crippen molar-refractivity contribution in [2.75, 3.05) is 6.54 Å². The van der Waals surface area contributed by atoms with Gasteiger partial charge in [-0.3, -0.25) is 9.69 Å². The highest BCUT2D eigenvalue weighted by atomic mass is 19.1. The predicted octanol–water partition coefficient (Wildman–Crippen LogP) is 2.00. The van der Waals surface area contributed by atoms with E-state index in [1.807, 2.05) is 0 Å². The summed E-state index contributed by atoms with van der Waals surface area (Å²) in [4.78, 5) is 14.3. The van der Waals surface area contributed by atoms with E-state index >= 15 is 0 Å². The summed E-state index contributed by atoms with van der Waals surface area (Å²) < 4.78 is 13.6. The highest BCUT2D eigenvalue weighted by Gasteiger charge is 2.40. The van der Waals surface area contributed by atoms with Crippen LogP contribution in [0.1, 0.15) is 36.0 Å². The van der Waals surface area contributed by atoms with Crippen LogP contribution in [0.15, 0.2) is 24.3 Å². The lowest BCUT2D eigenvalue weighted by Gasteiger charge is -2.36. The molecule has 1 aromatic rings.